The third-order valence-corrected chi connectivity index (χ3v) is 1.41. The van der Waals surface area contributed by atoms with Crippen LogP contribution in [0.2, 0.25) is 0 Å². The lowest BCUT2D eigenvalue weighted by Gasteiger charge is -1.97. The molecule has 0 saturated carbocycles. The van der Waals surface area contributed by atoms with Gasteiger partial charge in [-0.15, -0.1) is 0 Å². The second kappa shape index (κ2) is 3.10. The largest absolute Gasteiger partial charge is 0.508 e. The number of nitrogens with zero attached hydrogens (tertiary/aromatic N) is 1. The van der Waals surface area contributed by atoms with E-state index in [9.17, 15) is 14.9 Å². The number of nitro groups is 1. The van der Waals surface area contributed by atoms with Crippen molar-refractivity contribution in [1.29, 1.82) is 0 Å². The zero-order chi connectivity index (χ0) is 10.0. The van der Waals surface area contributed by atoms with Crippen LogP contribution in [0.3, 0.4) is 0 Å². The van der Waals surface area contributed by atoms with Gasteiger partial charge in [0.05, 0.1) is 11.0 Å². The number of phenolic OH excluding ortho intramolecular Hbond substituents is 1. The molecule has 0 saturated heterocycles. The lowest BCUT2D eigenvalue weighted by molar-refractivity contribution is -0.385. The van der Waals surface area contributed by atoms with E-state index in [1.54, 1.807) is 0 Å². The lowest BCUT2D eigenvalue weighted by atomic mass is 10.2. The highest BCUT2D eigenvalue weighted by Gasteiger charge is 2.19. The van der Waals surface area contributed by atoms with Gasteiger partial charge < -0.3 is 10.2 Å². The van der Waals surface area contributed by atoms with Gasteiger partial charge in [-0.3, -0.25) is 10.1 Å². The average Bonchev–Trinajstić information content (AvgIpc) is 2.03. The van der Waals surface area contributed by atoms with Gasteiger partial charge in [0.25, 0.3) is 5.69 Å². The Bertz CT molecular complexity index is 373. The molecule has 0 aliphatic carbocycles. The predicted molar refractivity (Wildman–Crippen MR) is 41.7 cm³/mol. The summed E-state index contributed by atoms with van der Waals surface area (Å²) in [7, 11) is 0. The Hall–Kier alpha value is -2.11. The summed E-state index contributed by atoms with van der Waals surface area (Å²) in [5.74, 6) is -1.73. The highest BCUT2D eigenvalue weighted by atomic mass is 16.6. The summed E-state index contributed by atoms with van der Waals surface area (Å²) < 4.78 is 0. The lowest BCUT2D eigenvalue weighted by Crippen LogP contribution is -2.01. The van der Waals surface area contributed by atoms with E-state index in [-0.39, 0.29) is 5.75 Å². The molecular weight excluding hydrogens is 178 g/mol. The molecule has 1 aromatic rings. The van der Waals surface area contributed by atoms with Gasteiger partial charge in [-0.25, -0.2) is 4.79 Å². The van der Waals surface area contributed by atoms with Crippen molar-refractivity contribution in [3.05, 3.63) is 33.9 Å². The number of rotatable bonds is 2. The van der Waals surface area contributed by atoms with Crippen LogP contribution in [0.1, 0.15) is 10.4 Å². The van der Waals surface area contributed by atoms with Crippen molar-refractivity contribution in [2.24, 2.45) is 0 Å². The molecule has 0 unspecified atom stereocenters. The summed E-state index contributed by atoms with van der Waals surface area (Å²) in [5, 5.41) is 27.7. The minimum Gasteiger partial charge on any atom is -0.508 e. The molecule has 0 fully saturated rings. The van der Waals surface area contributed by atoms with Crippen LogP contribution in [0, 0.1) is 10.1 Å². The molecule has 6 heteroatoms. The Morgan fingerprint density at radius 1 is 1.46 bits per heavy atom. The number of benzene rings is 1. The van der Waals surface area contributed by atoms with Crippen molar-refractivity contribution in [2.75, 3.05) is 0 Å². The van der Waals surface area contributed by atoms with Crippen molar-refractivity contribution in [3.63, 3.8) is 0 Å². The summed E-state index contributed by atoms with van der Waals surface area (Å²) in [6, 6.07) is 2.86. The Morgan fingerprint density at radius 2 is 2.08 bits per heavy atom. The van der Waals surface area contributed by atoms with Gasteiger partial charge in [0.1, 0.15) is 11.3 Å². The standard InChI is InChI=1S/C7H5NO5/c9-4-1-2-5(7(10)11)6(3-4)8(12)13/h1-3,9H,(H,10,11). The van der Waals surface area contributed by atoms with E-state index in [4.69, 9.17) is 10.2 Å². The van der Waals surface area contributed by atoms with Crippen molar-refractivity contribution in [3.8, 4) is 5.75 Å². The fourth-order valence-corrected chi connectivity index (χ4v) is 0.852. The molecular formula is C7H5NO5. The Kier molecular flexibility index (Phi) is 2.14. The molecule has 0 radical (unpaired) electrons. The number of nitro benzene ring substituents is 1. The van der Waals surface area contributed by atoms with Crippen LogP contribution in [0.25, 0.3) is 0 Å². The quantitative estimate of drug-likeness (QED) is 0.526. The smallest absolute Gasteiger partial charge is 0.342 e. The molecule has 2 N–H and O–H groups in total. The van der Waals surface area contributed by atoms with E-state index in [1.165, 1.54) is 0 Å². The molecule has 68 valence electrons. The SMILES string of the molecule is O=C(O)c1ccc(O)cc1[N+](=O)[O-]. The van der Waals surface area contributed by atoms with Crippen molar-refractivity contribution in [1.82, 2.24) is 0 Å². The van der Waals surface area contributed by atoms with E-state index in [0.717, 1.165) is 18.2 Å². The predicted octanol–water partition coefficient (Wildman–Crippen LogP) is 0.999. The summed E-state index contributed by atoms with van der Waals surface area (Å²) in [5.41, 5.74) is -1.06. The van der Waals surface area contributed by atoms with Crippen molar-refractivity contribution < 1.29 is 19.9 Å². The second-order valence-corrected chi connectivity index (χ2v) is 2.26. The van der Waals surface area contributed by atoms with Crippen LogP contribution in [-0.2, 0) is 0 Å². The first-order chi connectivity index (χ1) is 6.02. The number of carbonyl (C=O) groups is 1. The number of phenols is 1. The van der Waals surface area contributed by atoms with E-state index in [0.29, 0.717) is 0 Å². The fraction of sp³-hybridized carbons (Fsp3) is 0. The zero-order valence-corrected chi connectivity index (χ0v) is 6.30. The number of aromatic hydroxyl groups is 1. The summed E-state index contributed by atoms with van der Waals surface area (Å²) in [6.45, 7) is 0. The number of carboxylic acid groups (broad SMARTS) is 1. The molecule has 0 heterocycles. The number of carboxylic acids is 1. The molecule has 0 spiro atoms. The van der Waals surface area contributed by atoms with Crippen LogP contribution in [0.15, 0.2) is 18.2 Å². The Balaban J connectivity index is 3.35. The minimum absolute atomic E-state index is 0.336. The first-order valence-corrected chi connectivity index (χ1v) is 3.23. The van der Waals surface area contributed by atoms with E-state index >= 15 is 0 Å². The van der Waals surface area contributed by atoms with Crippen molar-refractivity contribution >= 4 is 11.7 Å². The topological polar surface area (TPSA) is 101 Å². The van der Waals surface area contributed by atoms with E-state index < -0.39 is 22.1 Å². The molecule has 1 aromatic carbocycles. The zero-order valence-electron chi connectivity index (χ0n) is 6.30. The number of aromatic carboxylic acids is 1. The van der Waals surface area contributed by atoms with Gasteiger partial charge in [0.15, 0.2) is 0 Å². The first-order valence-electron chi connectivity index (χ1n) is 3.23. The van der Waals surface area contributed by atoms with E-state index in [2.05, 4.69) is 0 Å². The van der Waals surface area contributed by atoms with Gasteiger partial charge >= 0.3 is 5.97 Å². The number of hydrogen-bond acceptors (Lipinski definition) is 4. The van der Waals surface area contributed by atoms with Crippen LogP contribution in [-0.4, -0.2) is 21.1 Å². The minimum atomic E-state index is -1.40. The van der Waals surface area contributed by atoms with Crippen molar-refractivity contribution in [2.45, 2.75) is 0 Å². The molecule has 0 aliphatic heterocycles. The first kappa shape index (κ1) is 8.98. The van der Waals surface area contributed by atoms with Gasteiger partial charge in [-0.05, 0) is 12.1 Å². The van der Waals surface area contributed by atoms with Gasteiger partial charge in [-0.1, -0.05) is 0 Å². The van der Waals surface area contributed by atoms with Gasteiger partial charge in [0, 0.05) is 0 Å². The van der Waals surface area contributed by atoms with E-state index in [1.807, 2.05) is 0 Å². The monoisotopic (exact) mass is 183 g/mol. The highest BCUT2D eigenvalue weighted by Crippen LogP contribution is 2.23. The average molecular weight is 183 g/mol. The third kappa shape index (κ3) is 1.73. The van der Waals surface area contributed by atoms with Crippen LogP contribution in [0.5, 0.6) is 5.75 Å². The van der Waals surface area contributed by atoms with Gasteiger partial charge in [0.2, 0.25) is 0 Å². The summed E-state index contributed by atoms with van der Waals surface area (Å²) >= 11 is 0. The third-order valence-electron chi connectivity index (χ3n) is 1.41. The molecule has 13 heavy (non-hydrogen) atoms. The molecule has 0 atom stereocenters. The Morgan fingerprint density at radius 3 is 2.54 bits per heavy atom. The molecule has 0 aromatic heterocycles. The maximum absolute atomic E-state index is 10.5. The molecule has 1 rings (SSSR count). The summed E-state index contributed by atoms with van der Waals surface area (Å²) in [4.78, 5) is 19.9. The highest BCUT2D eigenvalue weighted by molar-refractivity contribution is 5.92. The van der Waals surface area contributed by atoms with Gasteiger partial charge in [-0.2, -0.15) is 0 Å². The second-order valence-electron chi connectivity index (χ2n) is 2.26. The molecule has 0 amide bonds. The summed E-state index contributed by atoms with van der Waals surface area (Å²) in [6.07, 6.45) is 0. The van der Waals surface area contributed by atoms with Crippen LogP contribution >= 0.6 is 0 Å². The fourth-order valence-electron chi connectivity index (χ4n) is 0.852. The van der Waals surface area contributed by atoms with Crippen LogP contribution < -0.4 is 0 Å². The normalized spacial score (nSPS) is 9.54. The molecule has 0 aliphatic rings. The number of hydrogen-bond donors (Lipinski definition) is 2. The molecule has 0 bridgehead atoms. The maximum atomic E-state index is 10.5. The Labute approximate surface area is 72.2 Å². The van der Waals surface area contributed by atoms with Crippen LogP contribution in [0.4, 0.5) is 5.69 Å². The molecule has 6 nitrogen and oxygen atoms in total. The maximum Gasteiger partial charge on any atom is 0.342 e.